The first-order valence-electron chi connectivity index (χ1n) is 7.50. The van der Waals surface area contributed by atoms with Crippen molar-refractivity contribution in [2.45, 2.75) is 32.2 Å². The second-order valence-corrected chi connectivity index (χ2v) is 6.00. The summed E-state index contributed by atoms with van der Waals surface area (Å²) >= 11 is 5.88. The lowest BCUT2D eigenvalue weighted by molar-refractivity contribution is 0.529. The van der Waals surface area contributed by atoms with E-state index in [1.165, 1.54) is 17.2 Å². The molecule has 0 saturated carbocycles. The van der Waals surface area contributed by atoms with Crippen molar-refractivity contribution in [2.24, 2.45) is 0 Å². The third kappa shape index (κ3) is 2.97. The van der Waals surface area contributed by atoms with Crippen molar-refractivity contribution in [3.05, 3.63) is 58.4 Å². The summed E-state index contributed by atoms with van der Waals surface area (Å²) < 4.78 is 13.3. The number of halogens is 2. The van der Waals surface area contributed by atoms with E-state index < -0.39 is 0 Å². The zero-order valence-corrected chi connectivity index (χ0v) is 12.9. The van der Waals surface area contributed by atoms with E-state index in [9.17, 15) is 4.39 Å². The minimum absolute atomic E-state index is 0.176. The fraction of sp³-hybridized carbons (Fsp3) is 0.333. The van der Waals surface area contributed by atoms with Crippen molar-refractivity contribution in [3.63, 3.8) is 0 Å². The molecule has 1 unspecified atom stereocenters. The molecular formula is C18H19ClFN. The summed E-state index contributed by atoms with van der Waals surface area (Å²) in [5.74, 6) is -0.370. The molecule has 3 rings (SSSR count). The van der Waals surface area contributed by atoms with E-state index in [1.807, 2.05) is 0 Å². The summed E-state index contributed by atoms with van der Waals surface area (Å²) in [5.41, 5.74) is 4.86. The Hall–Kier alpha value is -1.38. The van der Waals surface area contributed by atoms with Crippen LogP contribution in [0.3, 0.4) is 0 Å². The third-order valence-corrected chi connectivity index (χ3v) is 4.40. The first kappa shape index (κ1) is 14.6. The average Bonchev–Trinajstić information content (AvgIpc) is 2.90. The van der Waals surface area contributed by atoms with Gasteiger partial charge in [-0.1, -0.05) is 42.8 Å². The molecule has 0 radical (unpaired) electrons. The largest absolute Gasteiger partial charge is 0.310 e. The Morgan fingerprint density at radius 2 is 1.95 bits per heavy atom. The van der Waals surface area contributed by atoms with Gasteiger partial charge in [0.2, 0.25) is 0 Å². The molecule has 0 heterocycles. The first-order valence-corrected chi connectivity index (χ1v) is 7.88. The van der Waals surface area contributed by atoms with Crippen molar-refractivity contribution in [3.8, 4) is 11.1 Å². The lowest BCUT2D eigenvalue weighted by Gasteiger charge is -2.14. The van der Waals surface area contributed by atoms with E-state index in [2.05, 4.69) is 30.4 Å². The number of aryl methyl sites for hydroxylation is 1. The molecular weight excluding hydrogens is 285 g/mol. The topological polar surface area (TPSA) is 12.0 Å². The van der Waals surface area contributed by atoms with Crippen molar-refractivity contribution >= 4 is 11.6 Å². The molecule has 0 saturated heterocycles. The van der Waals surface area contributed by atoms with E-state index in [0.717, 1.165) is 36.9 Å². The Balaban J connectivity index is 1.88. The number of benzene rings is 2. The molecule has 1 atom stereocenters. The van der Waals surface area contributed by atoms with Gasteiger partial charge in [-0.05, 0) is 60.2 Å². The van der Waals surface area contributed by atoms with Gasteiger partial charge in [-0.2, -0.15) is 0 Å². The molecule has 0 bridgehead atoms. The highest BCUT2D eigenvalue weighted by molar-refractivity contribution is 6.31. The predicted octanol–water partition coefficient (Wildman–Crippen LogP) is 5.13. The molecule has 2 aromatic carbocycles. The van der Waals surface area contributed by atoms with Crippen LogP contribution in [-0.2, 0) is 6.42 Å². The molecule has 3 heteroatoms. The molecule has 1 aliphatic carbocycles. The van der Waals surface area contributed by atoms with Crippen molar-refractivity contribution < 1.29 is 4.39 Å². The summed E-state index contributed by atoms with van der Waals surface area (Å²) in [7, 11) is 0. The first-order chi connectivity index (χ1) is 10.2. The van der Waals surface area contributed by atoms with Gasteiger partial charge in [-0.15, -0.1) is 0 Å². The summed E-state index contributed by atoms with van der Waals surface area (Å²) in [6.07, 6.45) is 3.40. The summed E-state index contributed by atoms with van der Waals surface area (Å²) in [4.78, 5) is 0. The molecule has 0 spiro atoms. The Morgan fingerprint density at radius 3 is 2.71 bits per heavy atom. The molecule has 0 aromatic heterocycles. The van der Waals surface area contributed by atoms with Crippen LogP contribution < -0.4 is 5.32 Å². The van der Waals surface area contributed by atoms with Crippen LogP contribution in [-0.4, -0.2) is 6.54 Å². The molecule has 1 N–H and O–H groups in total. The van der Waals surface area contributed by atoms with Crippen LogP contribution in [0, 0.1) is 5.82 Å². The quantitative estimate of drug-likeness (QED) is 0.825. The molecule has 0 fully saturated rings. The monoisotopic (exact) mass is 303 g/mol. The van der Waals surface area contributed by atoms with Crippen LogP contribution in [0.4, 0.5) is 4.39 Å². The van der Waals surface area contributed by atoms with Crippen LogP contribution >= 0.6 is 11.6 Å². The average molecular weight is 304 g/mol. The van der Waals surface area contributed by atoms with Gasteiger partial charge in [-0.25, -0.2) is 4.39 Å². The molecule has 0 aliphatic heterocycles. The van der Waals surface area contributed by atoms with Gasteiger partial charge < -0.3 is 5.32 Å². The Morgan fingerprint density at radius 1 is 1.19 bits per heavy atom. The molecule has 2 aromatic rings. The maximum Gasteiger partial charge on any atom is 0.141 e. The van der Waals surface area contributed by atoms with Gasteiger partial charge in [0.05, 0.1) is 5.02 Å². The van der Waals surface area contributed by atoms with Crippen molar-refractivity contribution in [1.29, 1.82) is 0 Å². The van der Waals surface area contributed by atoms with Gasteiger partial charge in [0.15, 0.2) is 0 Å². The van der Waals surface area contributed by atoms with Crippen molar-refractivity contribution in [1.82, 2.24) is 5.32 Å². The normalized spacial score (nSPS) is 17.0. The minimum atomic E-state index is -0.370. The van der Waals surface area contributed by atoms with E-state index in [-0.39, 0.29) is 10.8 Å². The smallest absolute Gasteiger partial charge is 0.141 e. The van der Waals surface area contributed by atoms with Gasteiger partial charge >= 0.3 is 0 Å². The number of rotatable bonds is 4. The summed E-state index contributed by atoms with van der Waals surface area (Å²) in [6.45, 7) is 3.24. The van der Waals surface area contributed by atoms with Crippen LogP contribution in [0.5, 0.6) is 0 Å². The van der Waals surface area contributed by atoms with Crippen molar-refractivity contribution in [2.75, 3.05) is 6.54 Å². The van der Waals surface area contributed by atoms with Crippen LogP contribution in [0.15, 0.2) is 36.4 Å². The SMILES string of the molecule is CCCNC1CCc2cc(-c3ccc(F)c(Cl)c3)ccc21. The standard InChI is InChI=1S/C18H19ClFN/c1-2-9-21-18-8-5-14-10-12(3-6-15(14)18)13-4-7-17(20)16(19)11-13/h3-4,6-7,10-11,18,21H,2,5,8-9H2,1H3. The second-order valence-electron chi connectivity index (χ2n) is 5.59. The Bertz CT molecular complexity index is 654. The number of hydrogen-bond donors (Lipinski definition) is 1. The highest BCUT2D eigenvalue weighted by Crippen LogP contribution is 2.34. The van der Waals surface area contributed by atoms with E-state index in [0.29, 0.717) is 6.04 Å². The van der Waals surface area contributed by atoms with E-state index in [4.69, 9.17) is 11.6 Å². The maximum absolute atomic E-state index is 13.3. The van der Waals surface area contributed by atoms with Crippen LogP contribution in [0.25, 0.3) is 11.1 Å². The predicted molar refractivity (Wildman–Crippen MR) is 86.2 cm³/mol. The highest BCUT2D eigenvalue weighted by Gasteiger charge is 2.21. The fourth-order valence-corrected chi connectivity index (χ4v) is 3.18. The van der Waals surface area contributed by atoms with Crippen LogP contribution in [0.2, 0.25) is 5.02 Å². The fourth-order valence-electron chi connectivity index (χ4n) is 3.00. The Kier molecular flexibility index (Phi) is 4.27. The maximum atomic E-state index is 13.3. The molecule has 0 amide bonds. The lowest BCUT2D eigenvalue weighted by atomic mass is 9.99. The number of fused-ring (bicyclic) bond motifs is 1. The zero-order valence-electron chi connectivity index (χ0n) is 12.1. The number of hydrogen-bond acceptors (Lipinski definition) is 1. The highest BCUT2D eigenvalue weighted by atomic mass is 35.5. The van der Waals surface area contributed by atoms with E-state index in [1.54, 1.807) is 12.1 Å². The summed E-state index contributed by atoms with van der Waals surface area (Å²) in [5, 5.41) is 3.77. The third-order valence-electron chi connectivity index (χ3n) is 4.11. The van der Waals surface area contributed by atoms with Gasteiger partial charge in [0.25, 0.3) is 0 Å². The molecule has 110 valence electrons. The Labute approximate surface area is 130 Å². The van der Waals surface area contributed by atoms with Crippen LogP contribution in [0.1, 0.15) is 36.9 Å². The second kappa shape index (κ2) is 6.17. The molecule has 1 nitrogen and oxygen atoms in total. The van der Waals surface area contributed by atoms with E-state index >= 15 is 0 Å². The molecule has 1 aliphatic rings. The minimum Gasteiger partial charge on any atom is -0.310 e. The summed E-state index contributed by atoms with van der Waals surface area (Å²) in [6, 6.07) is 11.9. The number of nitrogens with one attached hydrogen (secondary N) is 1. The van der Waals surface area contributed by atoms with Gasteiger partial charge in [-0.3, -0.25) is 0 Å². The molecule has 21 heavy (non-hydrogen) atoms. The van der Waals surface area contributed by atoms with Gasteiger partial charge in [0, 0.05) is 6.04 Å². The lowest BCUT2D eigenvalue weighted by Crippen LogP contribution is -2.19. The van der Waals surface area contributed by atoms with Gasteiger partial charge in [0.1, 0.15) is 5.82 Å². The zero-order chi connectivity index (χ0) is 14.8.